The number of carbonyl (C=O) groups is 1. The second-order valence-corrected chi connectivity index (χ2v) is 7.45. The van der Waals surface area contributed by atoms with Crippen molar-refractivity contribution in [2.75, 3.05) is 13.2 Å². The molecule has 1 amide bonds. The van der Waals surface area contributed by atoms with Crippen LogP contribution in [0.15, 0.2) is 30.3 Å². The predicted molar refractivity (Wildman–Crippen MR) is 100 cm³/mol. The van der Waals surface area contributed by atoms with E-state index in [-0.39, 0.29) is 18.1 Å². The number of ether oxygens (including phenoxy) is 1. The van der Waals surface area contributed by atoms with Gasteiger partial charge in [0.25, 0.3) is 5.91 Å². The number of morpholine rings is 1. The van der Waals surface area contributed by atoms with Crippen LogP contribution in [0.1, 0.15) is 53.0 Å². The molecule has 0 N–H and O–H groups in total. The van der Waals surface area contributed by atoms with E-state index < -0.39 is 0 Å². The van der Waals surface area contributed by atoms with E-state index in [1.165, 1.54) is 18.4 Å². The maximum absolute atomic E-state index is 13.4. The summed E-state index contributed by atoms with van der Waals surface area (Å²) in [4.78, 5) is 15.4. The summed E-state index contributed by atoms with van der Waals surface area (Å²) < 4.78 is 7.88. The standard InChI is InChI=1S/C21H27N3O2/c1-15-20(16(2)24(22-15)14-17-8-4-3-5-9-17)21(25)23-12-13-26-19-11-7-6-10-18(19)23/h3-5,8-9,18-19H,6-7,10-14H2,1-2H3. The lowest BCUT2D eigenvalue weighted by molar-refractivity contribution is -0.0753. The molecule has 1 aliphatic heterocycles. The highest BCUT2D eigenvalue weighted by atomic mass is 16.5. The molecule has 1 aromatic carbocycles. The molecular weight excluding hydrogens is 326 g/mol. The van der Waals surface area contributed by atoms with Gasteiger partial charge in [0.15, 0.2) is 0 Å². The molecule has 4 rings (SSSR count). The first-order valence-corrected chi connectivity index (χ1v) is 9.65. The number of carbonyl (C=O) groups excluding carboxylic acids is 1. The molecule has 5 nitrogen and oxygen atoms in total. The van der Waals surface area contributed by atoms with E-state index in [9.17, 15) is 4.79 Å². The maximum atomic E-state index is 13.4. The van der Waals surface area contributed by atoms with E-state index >= 15 is 0 Å². The molecule has 26 heavy (non-hydrogen) atoms. The van der Waals surface area contributed by atoms with Crippen LogP contribution in [0.25, 0.3) is 0 Å². The Morgan fingerprint density at radius 2 is 1.96 bits per heavy atom. The summed E-state index contributed by atoms with van der Waals surface area (Å²) in [7, 11) is 0. The zero-order chi connectivity index (χ0) is 18.1. The van der Waals surface area contributed by atoms with E-state index in [0.717, 1.165) is 29.8 Å². The second-order valence-electron chi connectivity index (χ2n) is 7.45. The van der Waals surface area contributed by atoms with E-state index in [1.807, 2.05) is 36.7 Å². The lowest BCUT2D eigenvalue weighted by atomic mass is 9.89. The van der Waals surface area contributed by atoms with Crippen LogP contribution in [0.5, 0.6) is 0 Å². The summed E-state index contributed by atoms with van der Waals surface area (Å²) in [6.07, 6.45) is 4.71. The zero-order valence-corrected chi connectivity index (χ0v) is 15.6. The van der Waals surface area contributed by atoms with Crippen LogP contribution < -0.4 is 0 Å². The SMILES string of the molecule is Cc1nn(Cc2ccccc2)c(C)c1C(=O)N1CCOC2CCCCC21. The summed E-state index contributed by atoms with van der Waals surface area (Å²) in [6, 6.07) is 10.5. The van der Waals surface area contributed by atoms with E-state index in [1.54, 1.807) is 0 Å². The normalized spacial score (nSPS) is 22.9. The molecule has 0 bridgehead atoms. The summed E-state index contributed by atoms with van der Waals surface area (Å²) in [5.41, 5.74) is 3.74. The van der Waals surface area contributed by atoms with Crippen LogP contribution in [0, 0.1) is 13.8 Å². The number of amides is 1. The van der Waals surface area contributed by atoms with Crippen molar-refractivity contribution in [3.8, 4) is 0 Å². The quantitative estimate of drug-likeness (QED) is 0.850. The van der Waals surface area contributed by atoms with E-state index in [2.05, 4.69) is 22.1 Å². The molecule has 2 aliphatic rings. The molecule has 2 atom stereocenters. The van der Waals surface area contributed by atoms with Crippen LogP contribution in [0.3, 0.4) is 0 Å². The van der Waals surface area contributed by atoms with Crippen molar-refractivity contribution < 1.29 is 9.53 Å². The van der Waals surface area contributed by atoms with Gasteiger partial charge in [0.05, 0.1) is 36.6 Å². The lowest BCUT2D eigenvalue weighted by Gasteiger charge is -2.43. The predicted octanol–water partition coefficient (Wildman–Crippen LogP) is 3.33. The Kier molecular flexibility index (Phi) is 4.81. The highest BCUT2D eigenvalue weighted by Gasteiger charge is 2.38. The number of hydrogen-bond acceptors (Lipinski definition) is 3. The van der Waals surface area contributed by atoms with Gasteiger partial charge in [0.2, 0.25) is 0 Å². The number of fused-ring (bicyclic) bond motifs is 1. The molecular formula is C21H27N3O2. The summed E-state index contributed by atoms with van der Waals surface area (Å²) in [5.74, 6) is 0.125. The minimum Gasteiger partial charge on any atom is -0.374 e. The van der Waals surface area contributed by atoms with Crippen LogP contribution in [0.2, 0.25) is 0 Å². The van der Waals surface area contributed by atoms with Gasteiger partial charge in [-0.1, -0.05) is 43.2 Å². The van der Waals surface area contributed by atoms with Crippen molar-refractivity contribution in [3.63, 3.8) is 0 Å². The monoisotopic (exact) mass is 353 g/mol. The third-order valence-electron chi connectivity index (χ3n) is 5.76. The number of aromatic nitrogens is 2. The molecule has 2 heterocycles. The first-order valence-electron chi connectivity index (χ1n) is 9.65. The maximum Gasteiger partial charge on any atom is 0.258 e. The van der Waals surface area contributed by atoms with Gasteiger partial charge in [0.1, 0.15) is 0 Å². The van der Waals surface area contributed by atoms with Crippen molar-refractivity contribution in [3.05, 3.63) is 52.8 Å². The first-order chi connectivity index (χ1) is 12.6. The Labute approximate surface area is 154 Å². The Balaban J connectivity index is 1.60. The van der Waals surface area contributed by atoms with Crippen molar-refractivity contribution in [1.82, 2.24) is 14.7 Å². The zero-order valence-electron chi connectivity index (χ0n) is 15.6. The molecule has 2 aromatic rings. The minimum atomic E-state index is 0.125. The fourth-order valence-electron chi connectivity index (χ4n) is 4.41. The van der Waals surface area contributed by atoms with Gasteiger partial charge in [-0.3, -0.25) is 9.48 Å². The third kappa shape index (κ3) is 3.16. The van der Waals surface area contributed by atoms with Crippen molar-refractivity contribution >= 4 is 5.91 Å². The fourth-order valence-corrected chi connectivity index (χ4v) is 4.41. The molecule has 0 radical (unpaired) electrons. The van der Waals surface area contributed by atoms with Crippen LogP contribution >= 0.6 is 0 Å². The summed E-state index contributed by atoms with van der Waals surface area (Å²) in [6.45, 7) is 5.97. The van der Waals surface area contributed by atoms with Gasteiger partial charge in [-0.15, -0.1) is 0 Å². The first kappa shape index (κ1) is 17.3. The number of aryl methyl sites for hydroxylation is 1. The van der Waals surface area contributed by atoms with Crippen molar-refractivity contribution in [1.29, 1.82) is 0 Å². The van der Waals surface area contributed by atoms with Gasteiger partial charge in [-0.25, -0.2) is 0 Å². The average Bonchev–Trinajstić information content (AvgIpc) is 2.95. The Morgan fingerprint density at radius 1 is 1.19 bits per heavy atom. The molecule has 1 aliphatic carbocycles. The molecule has 1 saturated heterocycles. The van der Waals surface area contributed by atoms with Gasteiger partial charge in [-0.05, 0) is 32.3 Å². The second kappa shape index (κ2) is 7.23. The fraction of sp³-hybridized carbons (Fsp3) is 0.524. The average molecular weight is 353 g/mol. The number of benzene rings is 1. The summed E-state index contributed by atoms with van der Waals surface area (Å²) >= 11 is 0. The Morgan fingerprint density at radius 3 is 2.77 bits per heavy atom. The number of hydrogen-bond donors (Lipinski definition) is 0. The molecule has 138 valence electrons. The molecule has 0 spiro atoms. The van der Waals surface area contributed by atoms with Crippen molar-refractivity contribution in [2.24, 2.45) is 0 Å². The van der Waals surface area contributed by atoms with E-state index in [4.69, 9.17) is 4.74 Å². The van der Waals surface area contributed by atoms with Crippen molar-refractivity contribution in [2.45, 2.75) is 58.2 Å². The molecule has 2 fully saturated rings. The van der Waals surface area contributed by atoms with Crippen LogP contribution in [-0.2, 0) is 11.3 Å². The smallest absolute Gasteiger partial charge is 0.258 e. The van der Waals surface area contributed by atoms with Crippen LogP contribution in [-0.4, -0.2) is 45.9 Å². The van der Waals surface area contributed by atoms with Gasteiger partial charge in [0, 0.05) is 12.2 Å². The number of nitrogens with zero attached hydrogens (tertiary/aromatic N) is 3. The lowest BCUT2D eigenvalue weighted by Crippen LogP contribution is -2.55. The van der Waals surface area contributed by atoms with Crippen LogP contribution in [0.4, 0.5) is 0 Å². The van der Waals surface area contributed by atoms with Gasteiger partial charge < -0.3 is 9.64 Å². The molecule has 2 unspecified atom stereocenters. The van der Waals surface area contributed by atoms with Gasteiger partial charge in [-0.2, -0.15) is 5.10 Å². The molecule has 1 saturated carbocycles. The topological polar surface area (TPSA) is 47.4 Å². The highest BCUT2D eigenvalue weighted by Crippen LogP contribution is 2.30. The molecule has 5 heteroatoms. The highest BCUT2D eigenvalue weighted by molar-refractivity contribution is 5.96. The Hall–Kier alpha value is -2.14. The summed E-state index contributed by atoms with van der Waals surface area (Å²) in [5, 5.41) is 4.66. The molecule has 1 aromatic heterocycles. The van der Waals surface area contributed by atoms with Gasteiger partial charge >= 0.3 is 0 Å². The number of rotatable bonds is 3. The Bertz CT molecular complexity index is 782. The third-order valence-corrected chi connectivity index (χ3v) is 5.76. The minimum absolute atomic E-state index is 0.125. The largest absolute Gasteiger partial charge is 0.374 e. The van der Waals surface area contributed by atoms with E-state index in [0.29, 0.717) is 19.7 Å².